The van der Waals surface area contributed by atoms with E-state index < -0.39 is 0 Å². The molecule has 2 N–H and O–H groups in total. The van der Waals surface area contributed by atoms with Crippen LogP contribution < -0.4 is 15.4 Å². The second-order valence-electron chi connectivity index (χ2n) is 6.17. The van der Waals surface area contributed by atoms with Crippen molar-refractivity contribution in [2.45, 2.75) is 19.4 Å². The topological polar surface area (TPSA) is 68.4 Å². The fraction of sp³-hybridized carbons (Fsp3) is 0.263. The van der Waals surface area contributed by atoms with Crippen molar-refractivity contribution >= 4 is 32.6 Å². The first-order valence-corrected chi connectivity index (χ1v) is 9.04. The number of carbonyl (C=O) groups is 1. The van der Waals surface area contributed by atoms with Crippen molar-refractivity contribution in [2.75, 3.05) is 18.6 Å². The number of nitrogens with zero attached hydrogens (tertiary/aromatic N) is 2. The number of nitrogens with two attached hydrogens (primary N) is 1. The molecule has 3 aromatic rings. The molecular formula is C19H19N3O2S. The average Bonchev–Trinajstić information content (AvgIpc) is 3.05. The second-order valence-corrected chi connectivity index (χ2v) is 7.15. The van der Waals surface area contributed by atoms with Crippen LogP contribution in [-0.4, -0.2) is 24.5 Å². The van der Waals surface area contributed by atoms with Gasteiger partial charge in [-0.25, -0.2) is 4.98 Å². The lowest BCUT2D eigenvalue weighted by atomic mass is 9.93. The quantitative estimate of drug-likeness (QED) is 0.783. The van der Waals surface area contributed by atoms with Crippen LogP contribution in [0, 0.1) is 0 Å². The maximum atomic E-state index is 11.3. The molecule has 0 unspecified atom stereocenters. The molecule has 6 heteroatoms. The highest BCUT2D eigenvalue weighted by Crippen LogP contribution is 2.37. The number of aromatic nitrogens is 1. The van der Waals surface area contributed by atoms with Crippen molar-refractivity contribution in [2.24, 2.45) is 5.73 Å². The normalized spacial score (nSPS) is 13.7. The molecule has 1 aliphatic rings. The summed E-state index contributed by atoms with van der Waals surface area (Å²) in [4.78, 5) is 18.4. The van der Waals surface area contributed by atoms with Crippen molar-refractivity contribution in [1.29, 1.82) is 0 Å². The van der Waals surface area contributed by atoms with Crippen LogP contribution in [0.1, 0.15) is 16.7 Å². The number of hydrogen-bond donors (Lipinski definition) is 1. The number of carbonyl (C=O) groups excluding carboxylic acids is 1. The third kappa shape index (κ3) is 2.93. The highest BCUT2D eigenvalue weighted by Gasteiger charge is 2.22. The second kappa shape index (κ2) is 6.37. The summed E-state index contributed by atoms with van der Waals surface area (Å²) in [6, 6.07) is 12.1. The van der Waals surface area contributed by atoms with E-state index in [1.807, 2.05) is 30.3 Å². The van der Waals surface area contributed by atoms with E-state index in [1.54, 1.807) is 18.4 Å². The van der Waals surface area contributed by atoms with Crippen LogP contribution in [-0.2, 0) is 24.2 Å². The number of primary amides is 1. The predicted molar refractivity (Wildman–Crippen MR) is 100 cm³/mol. The zero-order valence-electron chi connectivity index (χ0n) is 14.0. The number of rotatable bonds is 4. The largest absolute Gasteiger partial charge is 0.495 e. The smallest absolute Gasteiger partial charge is 0.221 e. The summed E-state index contributed by atoms with van der Waals surface area (Å²) < 4.78 is 6.52. The average molecular weight is 353 g/mol. The Balaban J connectivity index is 1.66. The van der Waals surface area contributed by atoms with Crippen LogP contribution in [0.4, 0.5) is 5.13 Å². The van der Waals surface area contributed by atoms with E-state index in [0.29, 0.717) is 6.42 Å². The molecule has 1 aromatic heterocycles. The minimum atomic E-state index is -0.283. The number of anilines is 1. The van der Waals surface area contributed by atoms with Gasteiger partial charge in [-0.1, -0.05) is 35.6 Å². The number of ether oxygens (including phenoxy) is 1. The van der Waals surface area contributed by atoms with E-state index in [1.165, 1.54) is 11.1 Å². The molecule has 0 radical (unpaired) electrons. The van der Waals surface area contributed by atoms with Crippen LogP contribution in [0.25, 0.3) is 10.2 Å². The van der Waals surface area contributed by atoms with Crippen molar-refractivity contribution in [3.63, 3.8) is 0 Å². The number of methoxy groups -OCH3 is 1. The van der Waals surface area contributed by atoms with Gasteiger partial charge in [0, 0.05) is 13.1 Å². The molecule has 2 heterocycles. The number of thiazole rings is 1. The zero-order chi connectivity index (χ0) is 17.4. The first-order chi connectivity index (χ1) is 12.2. The molecular weight excluding hydrogens is 334 g/mol. The van der Waals surface area contributed by atoms with Gasteiger partial charge in [-0.2, -0.15) is 0 Å². The van der Waals surface area contributed by atoms with Crippen molar-refractivity contribution in [1.82, 2.24) is 4.98 Å². The van der Waals surface area contributed by atoms with E-state index in [2.05, 4.69) is 11.0 Å². The van der Waals surface area contributed by atoms with Crippen molar-refractivity contribution in [3.05, 3.63) is 53.1 Å². The van der Waals surface area contributed by atoms with Gasteiger partial charge < -0.3 is 15.4 Å². The fourth-order valence-corrected chi connectivity index (χ4v) is 4.49. The molecule has 4 rings (SSSR count). The van der Waals surface area contributed by atoms with Gasteiger partial charge in [-0.05, 0) is 35.2 Å². The molecule has 0 fully saturated rings. The molecule has 0 aliphatic carbocycles. The molecule has 0 saturated heterocycles. The molecule has 0 spiro atoms. The van der Waals surface area contributed by atoms with Gasteiger partial charge >= 0.3 is 0 Å². The molecule has 1 amide bonds. The van der Waals surface area contributed by atoms with Crippen molar-refractivity contribution in [3.8, 4) is 5.75 Å². The Morgan fingerprint density at radius 1 is 1.32 bits per heavy atom. The van der Waals surface area contributed by atoms with E-state index in [9.17, 15) is 4.79 Å². The standard InChI is InChI=1S/C19H19N3O2S/c1-24-16-7-3-6-15-18(16)25-19(21-15)22-9-8-14-12(10-17(20)23)4-2-5-13(14)11-22/h2-7H,8-11H2,1H3,(H2,20,23). The van der Waals surface area contributed by atoms with Crippen LogP contribution in [0.15, 0.2) is 36.4 Å². The molecule has 1 aliphatic heterocycles. The maximum absolute atomic E-state index is 11.3. The molecule has 25 heavy (non-hydrogen) atoms. The molecule has 2 aromatic carbocycles. The molecule has 0 bridgehead atoms. The van der Waals surface area contributed by atoms with Crippen molar-refractivity contribution < 1.29 is 9.53 Å². The lowest BCUT2D eigenvalue weighted by molar-refractivity contribution is -0.117. The van der Waals surface area contributed by atoms with Gasteiger partial charge in [0.15, 0.2) is 5.13 Å². The summed E-state index contributed by atoms with van der Waals surface area (Å²) in [6.45, 7) is 1.68. The minimum Gasteiger partial charge on any atom is -0.495 e. The molecule has 5 nitrogen and oxygen atoms in total. The molecule has 0 saturated carbocycles. The summed E-state index contributed by atoms with van der Waals surface area (Å²) in [5.74, 6) is 0.580. The number of fused-ring (bicyclic) bond motifs is 2. The van der Waals surface area contributed by atoms with Crippen LogP contribution in [0.3, 0.4) is 0 Å². The van der Waals surface area contributed by atoms with Gasteiger partial charge in [-0.3, -0.25) is 4.79 Å². The Labute approximate surface area is 150 Å². The van der Waals surface area contributed by atoms with Gasteiger partial charge in [-0.15, -0.1) is 0 Å². The first kappa shape index (κ1) is 15.9. The Morgan fingerprint density at radius 2 is 2.16 bits per heavy atom. The van der Waals surface area contributed by atoms with E-state index in [0.717, 1.165) is 46.2 Å². The summed E-state index contributed by atoms with van der Waals surface area (Å²) in [5, 5.41) is 1.01. The molecule has 0 atom stereocenters. The van der Waals surface area contributed by atoms with E-state index >= 15 is 0 Å². The summed E-state index contributed by atoms with van der Waals surface area (Å²) in [6.07, 6.45) is 1.20. The van der Waals surface area contributed by atoms with E-state index in [4.69, 9.17) is 15.5 Å². The third-order valence-electron chi connectivity index (χ3n) is 4.59. The van der Waals surface area contributed by atoms with Gasteiger partial charge in [0.05, 0.1) is 23.7 Å². The summed E-state index contributed by atoms with van der Waals surface area (Å²) >= 11 is 1.66. The van der Waals surface area contributed by atoms with Crippen LogP contribution in [0.5, 0.6) is 5.75 Å². The third-order valence-corrected chi connectivity index (χ3v) is 5.73. The Morgan fingerprint density at radius 3 is 2.96 bits per heavy atom. The first-order valence-electron chi connectivity index (χ1n) is 8.22. The highest BCUT2D eigenvalue weighted by atomic mass is 32.1. The lowest BCUT2D eigenvalue weighted by Gasteiger charge is -2.29. The Kier molecular flexibility index (Phi) is 4.05. The number of benzene rings is 2. The molecule has 128 valence electrons. The Bertz CT molecular complexity index is 951. The lowest BCUT2D eigenvalue weighted by Crippen LogP contribution is -2.31. The summed E-state index contributed by atoms with van der Waals surface area (Å²) in [7, 11) is 1.69. The number of amides is 1. The SMILES string of the molecule is COc1cccc2nc(N3CCc4c(CC(N)=O)cccc4C3)sc12. The number of hydrogen-bond acceptors (Lipinski definition) is 5. The van der Waals surface area contributed by atoms with E-state index in [-0.39, 0.29) is 5.91 Å². The van der Waals surface area contributed by atoms with Crippen LogP contribution in [0.2, 0.25) is 0 Å². The minimum absolute atomic E-state index is 0.283. The summed E-state index contributed by atoms with van der Waals surface area (Å²) in [5.41, 5.74) is 9.90. The maximum Gasteiger partial charge on any atom is 0.221 e. The Hall–Kier alpha value is -2.60. The predicted octanol–water partition coefficient (Wildman–Crippen LogP) is 2.90. The highest BCUT2D eigenvalue weighted by molar-refractivity contribution is 7.22. The van der Waals surface area contributed by atoms with Gasteiger partial charge in [0.2, 0.25) is 5.91 Å². The fourth-order valence-electron chi connectivity index (χ4n) is 3.41. The van der Waals surface area contributed by atoms with Gasteiger partial charge in [0.1, 0.15) is 5.75 Å². The van der Waals surface area contributed by atoms with Gasteiger partial charge in [0.25, 0.3) is 0 Å². The van der Waals surface area contributed by atoms with Crippen LogP contribution >= 0.6 is 11.3 Å². The monoisotopic (exact) mass is 353 g/mol. The zero-order valence-corrected chi connectivity index (χ0v) is 14.8.